The van der Waals surface area contributed by atoms with Gasteiger partial charge in [0.15, 0.2) is 0 Å². The summed E-state index contributed by atoms with van der Waals surface area (Å²) in [4.78, 5) is 0. The summed E-state index contributed by atoms with van der Waals surface area (Å²) in [5.41, 5.74) is -0.164. The molecule has 1 rings (SSSR count). The third kappa shape index (κ3) is 1.60. The quantitative estimate of drug-likeness (QED) is 0.593. The first-order chi connectivity index (χ1) is 4.11. The molecule has 0 atom stereocenters. The van der Waals surface area contributed by atoms with E-state index >= 15 is 0 Å². The van der Waals surface area contributed by atoms with Crippen LogP contribution in [0.3, 0.4) is 0 Å². The van der Waals surface area contributed by atoms with E-state index in [1.807, 2.05) is 0 Å². The molecule has 0 saturated carbocycles. The number of hydrogen-bond donors (Lipinski definition) is 1. The van der Waals surface area contributed by atoms with Crippen molar-refractivity contribution in [3.63, 3.8) is 0 Å². The second-order valence-electron chi connectivity index (χ2n) is 1.47. The smallest absolute Gasteiger partial charge is 0.276 e. The summed E-state index contributed by atoms with van der Waals surface area (Å²) in [6.45, 7) is 0. The fourth-order valence-corrected chi connectivity index (χ4v) is 0.714. The van der Waals surface area contributed by atoms with E-state index in [0.29, 0.717) is 0 Å². The minimum Gasteiger partial charge on any atom is -0.276 e. The predicted molar refractivity (Wildman–Crippen MR) is 36.5 cm³/mol. The van der Waals surface area contributed by atoms with Gasteiger partial charge in [-0.1, -0.05) is 0 Å². The van der Waals surface area contributed by atoms with Gasteiger partial charge in [0.25, 0.3) is 0 Å². The highest BCUT2D eigenvalue weighted by Gasteiger charge is 2.27. The van der Waals surface area contributed by atoms with E-state index in [4.69, 9.17) is 0 Å². The maximum absolute atomic E-state index is 12.2. The van der Waals surface area contributed by atoms with Gasteiger partial charge in [-0.25, -0.2) is 0 Å². The summed E-state index contributed by atoms with van der Waals surface area (Å²) >= 11 is 1.03. The van der Waals surface area contributed by atoms with Crippen molar-refractivity contribution in [2.45, 2.75) is 3.93 Å². The summed E-state index contributed by atoms with van der Waals surface area (Å²) in [7, 11) is 0. The normalized spacial score (nSPS) is 11.9. The first-order valence-corrected chi connectivity index (χ1v) is 3.25. The maximum atomic E-state index is 12.2. The minimum atomic E-state index is -2.83. The largest absolute Gasteiger partial charge is 0.337 e. The van der Waals surface area contributed by atoms with Crippen LogP contribution in [-0.4, -0.2) is 10.2 Å². The Morgan fingerprint density at radius 1 is 1.67 bits per heavy atom. The molecule has 1 N–H and O–H groups in total. The molecule has 2 nitrogen and oxygen atoms in total. The van der Waals surface area contributed by atoms with Gasteiger partial charge in [0.1, 0.15) is 5.69 Å². The number of H-pyrrole nitrogens is 1. The van der Waals surface area contributed by atoms with E-state index in [1.54, 1.807) is 0 Å². The zero-order valence-corrected chi connectivity index (χ0v) is 6.39. The monoisotopic (exact) mass is 244 g/mol. The molecule has 0 aliphatic rings. The Morgan fingerprint density at radius 3 is 2.56 bits per heavy atom. The Kier molecular flexibility index (Phi) is 1.69. The highest BCUT2D eigenvalue weighted by atomic mass is 127. The number of alkyl halides is 3. The number of halogens is 3. The van der Waals surface area contributed by atoms with E-state index < -0.39 is 3.93 Å². The van der Waals surface area contributed by atoms with Gasteiger partial charge in [-0.3, -0.25) is 5.10 Å². The molecule has 9 heavy (non-hydrogen) atoms. The van der Waals surface area contributed by atoms with Crippen molar-refractivity contribution in [3.8, 4) is 0 Å². The highest BCUT2D eigenvalue weighted by molar-refractivity contribution is 14.1. The van der Waals surface area contributed by atoms with E-state index in [9.17, 15) is 8.78 Å². The van der Waals surface area contributed by atoms with Gasteiger partial charge in [-0.2, -0.15) is 13.9 Å². The van der Waals surface area contributed by atoms with Gasteiger partial charge in [-0.15, -0.1) is 0 Å². The highest BCUT2D eigenvalue weighted by Crippen LogP contribution is 2.32. The van der Waals surface area contributed by atoms with Crippen LogP contribution in [-0.2, 0) is 3.93 Å². The van der Waals surface area contributed by atoms with Crippen LogP contribution in [0.15, 0.2) is 12.3 Å². The molecule has 1 aromatic heterocycles. The lowest BCUT2D eigenvalue weighted by Gasteiger charge is -2.02. The lowest BCUT2D eigenvalue weighted by molar-refractivity contribution is 0.122. The van der Waals surface area contributed by atoms with Gasteiger partial charge in [-0.05, 0) is 6.07 Å². The summed E-state index contributed by atoms with van der Waals surface area (Å²) in [6.07, 6.45) is 1.29. The number of nitrogens with zero attached hydrogens (tertiary/aromatic N) is 1. The molecule has 50 valence electrons. The first-order valence-electron chi connectivity index (χ1n) is 2.17. The fourth-order valence-electron chi connectivity index (χ4n) is 0.414. The summed E-state index contributed by atoms with van der Waals surface area (Å²) in [6, 6.07) is 1.24. The first kappa shape index (κ1) is 6.91. The standard InChI is InChI=1S/C4H3F2IN2/c5-4(6,7)3-1-2-8-9-3/h1-2H,(H,8,9). The fraction of sp³-hybridized carbons (Fsp3) is 0.250. The molecule has 0 aliphatic heterocycles. The van der Waals surface area contributed by atoms with Crippen LogP contribution in [0.1, 0.15) is 5.69 Å². The van der Waals surface area contributed by atoms with E-state index in [-0.39, 0.29) is 5.69 Å². The Hall–Kier alpha value is -0.200. The molecule has 0 aromatic carbocycles. The maximum Gasteiger partial charge on any atom is 0.337 e. The van der Waals surface area contributed by atoms with Crippen LogP contribution >= 0.6 is 22.6 Å². The Labute approximate surface area is 63.8 Å². The summed E-state index contributed by atoms with van der Waals surface area (Å²) in [5.74, 6) is 0. The van der Waals surface area contributed by atoms with E-state index in [2.05, 4.69) is 10.2 Å². The Balaban J connectivity index is 2.90. The SMILES string of the molecule is FC(F)(I)c1ccn[nH]1. The Morgan fingerprint density at radius 2 is 2.33 bits per heavy atom. The topological polar surface area (TPSA) is 28.7 Å². The lowest BCUT2D eigenvalue weighted by atomic mass is 10.5. The average molecular weight is 244 g/mol. The van der Waals surface area contributed by atoms with E-state index in [1.165, 1.54) is 12.3 Å². The molecule has 0 amide bonds. The van der Waals surface area contributed by atoms with Crippen molar-refractivity contribution in [3.05, 3.63) is 18.0 Å². The molecule has 1 aromatic rings. The molecule has 0 spiro atoms. The van der Waals surface area contributed by atoms with Crippen LogP contribution in [0, 0.1) is 0 Å². The van der Waals surface area contributed by atoms with Crippen LogP contribution in [0.2, 0.25) is 0 Å². The Bertz CT molecular complexity index is 179. The predicted octanol–water partition coefficient (Wildman–Crippen LogP) is 1.89. The zero-order valence-electron chi connectivity index (χ0n) is 4.24. The number of aromatic nitrogens is 2. The van der Waals surface area contributed by atoms with Crippen molar-refractivity contribution in [1.82, 2.24) is 10.2 Å². The van der Waals surface area contributed by atoms with Crippen molar-refractivity contribution in [2.75, 3.05) is 0 Å². The average Bonchev–Trinajstić information content (AvgIpc) is 2.08. The van der Waals surface area contributed by atoms with Crippen molar-refractivity contribution in [1.29, 1.82) is 0 Å². The van der Waals surface area contributed by atoms with Gasteiger partial charge in [0.2, 0.25) is 0 Å². The van der Waals surface area contributed by atoms with Crippen LogP contribution in [0.4, 0.5) is 8.78 Å². The molecular weight excluding hydrogens is 241 g/mol. The molecule has 0 bridgehead atoms. The van der Waals surface area contributed by atoms with Gasteiger partial charge in [0, 0.05) is 28.8 Å². The number of aromatic amines is 1. The summed E-state index contributed by atoms with van der Waals surface area (Å²) in [5, 5.41) is 5.55. The number of hydrogen-bond acceptors (Lipinski definition) is 1. The second-order valence-corrected chi connectivity index (χ2v) is 2.82. The van der Waals surface area contributed by atoms with Crippen molar-refractivity contribution in [2.24, 2.45) is 0 Å². The molecule has 0 radical (unpaired) electrons. The van der Waals surface area contributed by atoms with Crippen molar-refractivity contribution < 1.29 is 8.78 Å². The zero-order chi connectivity index (χ0) is 6.91. The molecule has 1 heterocycles. The van der Waals surface area contributed by atoms with Crippen LogP contribution in [0.25, 0.3) is 0 Å². The lowest BCUT2D eigenvalue weighted by Crippen LogP contribution is -2.01. The van der Waals surface area contributed by atoms with Gasteiger partial charge in [0.05, 0.1) is 0 Å². The molecule has 0 aliphatic carbocycles. The second kappa shape index (κ2) is 2.20. The van der Waals surface area contributed by atoms with E-state index in [0.717, 1.165) is 22.6 Å². The molecule has 0 saturated heterocycles. The third-order valence-corrected chi connectivity index (χ3v) is 1.39. The molecule has 5 heteroatoms. The van der Waals surface area contributed by atoms with Crippen molar-refractivity contribution >= 4 is 22.6 Å². The number of nitrogens with one attached hydrogen (secondary N) is 1. The van der Waals surface area contributed by atoms with Crippen LogP contribution < -0.4 is 0 Å². The molecular formula is C4H3F2IN2. The minimum absolute atomic E-state index is 0.164. The summed E-state index contributed by atoms with van der Waals surface area (Å²) < 4.78 is 21.6. The number of rotatable bonds is 1. The molecule has 0 fully saturated rings. The van der Waals surface area contributed by atoms with Crippen LogP contribution in [0.5, 0.6) is 0 Å². The molecule has 0 unspecified atom stereocenters. The third-order valence-electron chi connectivity index (χ3n) is 0.806. The van der Waals surface area contributed by atoms with Gasteiger partial charge >= 0.3 is 3.93 Å². The van der Waals surface area contributed by atoms with Gasteiger partial charge < -0.3 is 0 Å².